The molecule has 2 aromatic rings. The largest absolute Gasteiger partial charge is 0.313 e. The lowest BCUT2D eigenvalue weighted by Gasteiger charge is -2.18. The fourth-order valence-corrected chi connectivity index (χ4v) is 2.75. The molecule has 2 rings (SSSR count). The van der Waals surface area contributed by atoms with E-state index >= 15 is 0 Å². The predicted molar refractivity (Wildman–Crippen MR) is 85.5 cm³/mol. The van der Waals surface area contributed by atoms with Crippen LogP contribution in [0.25, 0.3) is 0 Å². The Kier molecular flexibility index (Phi) is 5.17. The van der Waals surface area contributed by atoms with E-state index in [2.05, 4.69) is 76.7 Å². The van der Waals surface area contributed by atoms with Gasteiger partial charge in [-0.25, -0.2) is 0 Å². The van der Waals surface area contributed by atoms with Gasteiger partial charge >= 0.3 is 0 Å². The Labute approximate surface area is 124 Å². The zero-order valence-corrected chi connectivity index (χ0v) is 13.1. The van der Waals surface area contributed by atoms with Crippen molar-refractivity contribution in [1.29, 1.82) is 0 Å². The molecule has 2 heteroatoms. The van der Waals surface area contributed by atoms with Crippen LogP contribution in [0.2, 0.25) is 0 Å². The first-order chi connectivity index (χ1) is 9.24. The Morgan fingerprint density at radius 3 is 2.58 bits per heavy atom. The molecule has 19 heavy (non-hydrogen) atoms. The summed E-state index contributed by atoms with van der Waals surface area (Å²) in [6, 6.07) is 17.6. The first kappa shape index (κ1) is 14.3. The molecule has 2 aromatic carbocycles. The minimum Gasteiger partial charge on any atom is -0.313 e. The van der Waals surface area contributed by atoms with Crippen LogP contribution in [0.5, 0.6) is 0 Å². The maximum absolute atomic E-state index is 3.63. The van der Waals surface area contributed by atoms with Gasteiger partial charge in [0.1, 0.15) is 0 Å². The van der Waals surface area contributed by atoms with Crippen molar-refractivity contribution in [2.24, 2.45) is 0 Å². The molecular weight excluding hydrogens is 298 g/mol. The lowest BCUT2D eigenvalue weighted by atomic mass is 9.97. The van der Waals surface area contributed by atoms with Crippen LogP contribution in [0.3, 0.4) is 0 Å². The Hall–Kier alpha value is -1.12. The van der Waals surface area contributed by atoms with E-state index in [0.717, 1.165) is 12.8 Å². The van der Waals surface area contributed by atoms with Gasteiger partial charge in [-0.05, 0) is 42.6 Å². The molecule has 0 aromatic heterocycles. The maximum atomic E-state index is 3.63. The van der Waals surface area contributed by atoms with E-state index in [4.69, 9.17) is 0 Å². The van der Waals surface area contributed by atoms with Gasteiger partial charge in [0, 0.05) is 10.5 Å². The minimum absolute atomic E-state index is 0.352. The second-order valence-electron chi connectivity index (χ2n) is 4.74. The summed E-state index contributed by atoms with van der Waals surface area (Å²) in [6.07, 6.45) is 2.07. The average Bonchev–Trinajstić information content (AvgIpc) is 2.46. The number of hydrogen-bond donors (Lipinski definition) is 1. The summed E-state index contributed by atoms with van der Waals surface area (Å²) < 4.78 is 1.18. The first-order valence-corrected chi connectivity index (χ1v) is 7.53. The van der Waals surface area contributed by atoms with Crippen molar-refractivity contribution in [3.05, 3.63) is 69.7 Å². The van der Waals surface area contributed by atoms with Crippen molar-refractivity contribution in [2.75, 3.05) is 7.05 Å². The van der Waals surface area contributed by atoms with Gasteiger partial charge in [-0.3, -0.25) is 0 Å². The standard InChI is InChI=1S/C17H20BrN/c1-3-13-7-6-9-15(11-13)17(19-2)12-14-8-4-5-10-16(14)18/h4-11,17,19H,3,12H2,1-2H3. The summed E-state index contributed by atoms with van der Waals surface area (Å²) in [5.41, 5.74) is 4.09. The molecule has 0 radical (unpaired) electrons. The molecule has 0 bridgehead atoms. The van der Waals surface area contributed by atoms with Crippen molar-refractivity contribution >= 4 is 15.9 Å². The summed E-state index contributed by atoms with van der Waals surface area (Å²) in [7, 11) is 2.03. The van der Waals surface area contributed by atoms with Gasteiger partial charge in [-0.15, -0.1) is 0 Å². The number of hydrogen-bond acceptors (Lipinski definition) is 1. The maximum Gasteiger partial charge on any atom is 0.0358 e. The molecule has 0 aliphatic rings. The van der Waals surface area contributed by atoms with Gasteiger partial charge in [-0.1, -0.05) is 65.3 Å². The molecule has 1 N–H and O–H groups in total. The van der Waals surface area contributed by atoms with Gasteiger partial charge < -0.3 is 5.32 Å². The Morgan fingerprint density at radius 2 is 1.89 bits per heavy atom. The summed E-state index contributed by atoms with van der Waals surface area (Å²) >= 11 is 3.63. The molecule has 0 aliphatic heterocycles. The quantitative estimate of drug-likeness (QED) is 0.855. The summed E-state index contributed by atoms with van der Waals surface area (Å²) in [6.45, 7) is 2.20. The molecular formula is C17H20BrN. The molecule has 100 valence electrons. The average molecular weight is 318 g/mol. The monoisotopic (exact) mass is 317 g/mol. The SMILES string of the molecule is CCc1cccc(C(Cc2ccccc2Br)NC)c1. The Morgan fingerprint density at radius 1 is 1.11 bits per heavy atom. The van der Waals surface area contributed by atoms with E-state index in [0.29, 0.717) is 6.04 Å². The minimum atomic E-state index is 0.352. The number of nitrogens with one attached hydrogen (secondary N) is 1. The number of benzene rings is 2. The van der Waals surface area contributed by atoms with Crippen molar-refractivity contribution in [2.45, 2.75) is 25.8 Å². The fourth-order valence-electron chi connectivity index (χ4n) is 2.30. The highest BCUT2D eigenvalue weighted by molar-refractivity contribution is 9.10. The van der Waals surface area contributed by atoms with Gasteiger partial charge in [-0.2, -0.15) is 0 Å². The number of rotatable bonds is 5. The lowest BCUT2D eigenvalue weighted by molar-refractivity contribution is 0.590. The van der Waals surface area contributed by atoms with Gasteiger partial charge in [0.25, 0.3) is 0 Å². The summed E-state index contributed by atoms with van der Waals surface area (Å²) in [4.78, 5) is 0. The van der Waals surface area contributed by atoms with Crippen molar-refractivity contribution in [3.8, 4) is 0 Å². The molecule has 1 nitrogen and oxygen atoms in total. The second kappa shape index (κ2) is 6.88. The van der Waals surface area contributed by atoms with E-state index < -0.39 is 0 Å². The lowest BCUT2D eigenvalue weighted by Crippen LogP contribution is -2.19. The van der Waals surface area contributed by atoms with Gasteiger partial charge in [0.15, 0.2) is 0 Å². The third-order valence-electron chi connectivity index (χ3n) is 3.49. The van der Waals surface area contributed by atoms with Crippen LogP contribution in [0.1, 0.15) is 29.7 Å². The zero-order chi connectivity index (χ0) is 13.7. The van der Waals surface area contributed by atoms with Crippen molar-refractivity contribution < 1.29 is 0 Å². The second-order valence-corrected chi connectivity index (χ2v) is 5.59. The molecule has 0 aliphatic carbocycles. The van der Waals surface area contributed by atoms with Crippen LogP contribution >= 0.6 is 15.9 Å². The summed E-state index contributed by atoms with van der Waals surface area (Å²) in [5, 5.41) is 3.42. The normalized spacial score (nSPS) is 12.4. The third-order valence-corrected chi connectivity index (χ3v) is 4.27. The first-order valence-electron chi connectivity index (χ1n) is 6.74. The number of likely N-dealkylation sites (N-methyl/N-ethyl adjacent to an activating group) is 1. The van der Waals surface area contributed by atoms with E-state index in [-0.39, 0.29) is 0 Å². The smallest absolute Gasteiger partial charge is 0.0358 e. The molecule has 1 atom stereocenters. The molecule has 0 saturated carbocycles. The van der Waals surface area contributed by atoms with Crippen LogP contribution < -0.4 is 5.32 Å². The Bertz CT molecular complexity index is 536. The number of aryl methyl sites for hydroxylation is 1. The van der Waals surface area contributed by atoms with Gasteiger partial charge in [0.05, 0.1) is 0 Å². The molecule has 1 unspecified atom stereocenters. The highest BCUT2D eigenvalue weighted by Crippen LogP contribution is 2.24. The van der Waals surface area contributed by atoms with E-state index in [1.807, 2.05) is 7.05 Å². The molecule has 0 saturated heterocycles. The highest BCUT2D eigenvalue weighted by Gasteiger charge is 2.11. The molecule has 0 fully saturated rings. The topological polar surface area (TPSA) is 12.0 Å². The van der Waals surface area contributed by atoms with Crippen molar-refractivity contribution in [1.82, 2.24) is 5.32 Å². The van der Waals surface area contributed by atoms with Crippen LogP contribution in [0, 0.1) is 0 Å². The van der Waals surface area contributed by atoms with E-state index in [9.17, 15) is 0 Å². The Balaban J connectivity index is 2.22. The van der Waals surface area contributed by atoms with E-state index in [1.165, 1.54) is 21.2 Å². The van der Waals surface area contributed by atoms with Crippen molar-refractivity contribution in [3.63, 3.8) is 0 Å². The predicted octanol–water partition coefficient (Wildman–Crippen LogP) is 4.51. The van der Waals surface area contributed by atoms with Crippen LogP contribution in [-0.4, -0.2) is 7.05 Å². The van der Waals surface area contributed by atoms with Crippen LogP contribution in [0.15, 0.2) is 53.0 Å². The van der Waals surface area contributed by atoms with Crippen LogP contribution in [-0.2, 0) is 12.8 Å². The van der Waals surface area contributed by atoms with E-state index in [1.54, 1.807) is 0 Å². The molecule has 0 heterocycles. The van der Waals surface area contributed by atoms with Crippen LogP contribution in [0.4, 0.5) is 0 Å². The van der Waals surface area contributed by atoms with Gasteiger partial charge in [0.2, 0.25) is 0 Å². The fraction of sp³-hybridized carbons (Fsp3) is 0.294. The summed E-state index contributed by atoms with van der Waals surface area (Å²) in [5.74, 6) is 0. The highest BCUT2D eigenvalue weighted by atomic mass is 79.9. The third kappa shape index (κ3) is 3.68. The molecule has 0 spiro atoms. The zero-order valence-electron chi connectivity index (χ0n) is 11.5. The number of halogens is 1. The molecule has 0 amide bonds.